The zero-order valence-electron chi connectivity index (χ0n) is 20.8. The van der Waals surface area contributed by atoms with Crippen molar-refractivity contribution in [3.05, 3.63) is 60.0 Å². The average molecular weight is 432 g/mol. The molecule has 1 aromatic carbocycles. The van der Waals surface area contributed by atoms with Crippen LogP contribution in [-0.4, -0.2) is 28.2 Å². The van der Waals surface area contributed by atoms with Gasteiger partial charge in [0, 0.05) is 36.6 Å². The van der Waals surface area contributed by atoms with Gasteiger partial charge in [0.15, 0.2) is 11.6 Å². The molecule has 4 heterocycles. The van der Waals surface area contributed by atoms with Crippen LogP contribution in [0.4, 0.5) is 17.2 Å². The summed E-state index contributed by atoms with van der Waals surface area (Å²) in [5, 5.41) is 0. The molecular formula is C27H37N5. The predicted octanol–water partition coefficient (Wildman–Crippen LogP) is 6.96. The van der Waals surface area contributed by atoms with E-state index < -0.39 is 0 Å². The van der Waals surface area contributed by atoms with E-state index in [1.165, 1.54) is 11.3 Å². The minimum Gasteiger partial charge on any atom is -0.337 e. The van der Waals surface area contributed by atoms with E-state index in [4.69, 9.17) is 9.97 Å². The van der Waals surface area contributed by atoms with Crippen molar-refractivity contribution in [2.24, 2.45) is 5.92 Å². The molecule has 5 heteroatoms. The Bertz CT molecular complexity index is 1050. The molecule has 2 unspecified atom stereocenters. The number of benzene rings is 1. The van der Waals surface area contributed by atoms with Gasteiger partial charge in [-0.05, 0) is 42.5 Å². The van der Waals surface area contributed by atoms with Crippen LogP contribution in [0.25, 0.3) is 11.4 Å². The van der Waals surface area contributed by atoms with E-state index in [0.29, 0.717) is 11.8 Å². The first-order chi connectivity index (χ1) is 15.6. The molecule has 0 radical (unpaired) electrons. The monoisotopic (exact) mass is 431 g/mol. The molecular weight excluding hydrogens is 394 g/mol. The summed E-state index contributed by atoms with van der Waals surface area (Å²) in [6, 6.07) is 10.8. The fourth-order valence-corrected chi connectivity index (χ4v) is 4.99. The second-order valence-corrected chi connectivity index (χ2v) is 7.91. The molecule has 0 aliphatic carbocycles. The highest BCUT2D eigenvalue weighted by atomic mass is 15.4. The first kappa shape index (κ1) is 23.7. The summed E-state index contributed by atoms with van der Waals surface area (Å²) in [6.07, 6.45) is 7.06. The molecule has 2 aliphatic rings. The van der Waals surface area contributed by atoms with Crippen LogP contribution < -0.4 is 9.80 Å². The van der Waals surface area contributed by atoms with Crippen molar-refractivity contribution in [1.29, 1.82) is 0 Å². The van der Waals surface area contributed by atoms with Gasteiger partial charge < -0.3 is 9.80 Å². The lowest BCUT2D eigenvalue weighted by Gasteiger charge is -2.45. The first-order valence-electron chi connectivity index (χ1n) is 12.0. The number of aryl methyl sites for hydroxylation is 1. The highest BCUT2D eigenvalue weighted by Crippen LogP contribution is 2.53. The molecule has 0 spiro atoms. The third kappa shape index (κ3) is 3.74. The summed E-state index contributed by atoms with van der Waals surface area (Å²) in [7, 11) is 2.17. The minimum absolute atomic E-state index is 0.271. The molecule has 0 amide bonds. The highest BCUT2D eigenvalue weighted by Gasteiger charge is 2.47. The Hall–Kier alpha value is -2.95. The van der Waals surface area contributed by atoms with Crippen LogP contribution in [0.1, 0.15) is 65.0 Å². The number of anilines is 3. The van der Waals surface area contributed by atoms with Gasteiger partial charge in [-0.3, -0.25) is 4.98 Å². The number of nitrogens with zero attached hydrogens (tertiary/aromatic N) is 5. The molecule has 0 fully saturated rings. The maximum absolute atomic E-state index is 5.00. The van der Waals surface area contributed by atoms with E-state index in [0.717, 1.165) is 34.9 Å². The molecule has 0 saturated heterocycles. The Kier molecular flexibility index (Phi) is 7.49. The summed E-state index contributed by atoms with van der Waals surface area (Å²) in [6.45, 7) is 14.7. The Morgan fingerprint density at radius 2 is 1.69 bits per heavy atom. The molecule has 0 N–H and O–H groups in total. The van der Waals surface area contributed by atoms with Gasteiger partial charge >= 0.3 is 0 Å². The van der Waals surface area contributed by atoms with Crippen molar-refractivity contribution in [2.75, 3.05) is 16.8 Å². The quantitative estimate of drug-likeness (QED) is 0.439. The van der Waals surface area contributed by atoms with E-state index in [1.54, 1.807) is 6.20 Å². The maximum atomic E-state index is 5.00. The normalized spacial score (nSPS) is 20.2. The van der Waals surface area contributed by atoms with Crippen LogP contribution in [-0.2, 0) is 0 Å². The van der Waals surface area contributed by atoms with Gasteiger partial charge in [-0.1, -0.05) is 59.7 Å². The molecule has 32 heavy (non-hydrogen) atoms. The molecule has 170 valence electrons. The van der Waals surface area contributed by atoms with Crippen LogP contribution >= 0.6 is 0 Å². The minimum atomic E-state index is 0.271. The second-order valence-electron chi connectivity index (χ2n) is 7.91. The van der Waals surface area contributed by atoms with Crippen LogP contribution in [0.5, 0.6) is 0 Å². The third-order valence-electron chi connectivity index (χ3n) is 6.45. The molecule has 2 aromatic heterocycles. The summed E-state index contributed by atoms with van der Waals surface area (Å²) in [5.74, 6) is 2.81. The van der Waals surface area contributed by atoms with Crippen molar-refractivity contribution < 1.29 is 0 Å². The molecule has 3 atom stereocenters. The lowest BCUT2D eigenvalue weighted by Crippen LogP contribution is -2.49. The molecule has 5 nitrogen and oxygen atoms in total. The predicted molar refractivity (Wildman–Crippen MR) is 136 cm³/mol. The number of aromatic nitrogens is 3. The Morgan fingerprint density at radius 1 is 0.969 bits per heavy atom. The molecule has 5 rings (SSSR count). The van der Waals surface area contributed by atoms with Crippen molar-refractivity contribution in [3.63, 3.8) is 0 Å². The lowest BCUT2D eigenvalue weighted by molar-refractivity contribution is 0.339. The van der Waals surface area contributed by atoms with E-state index in [1.807, 2.05) is 46.2 Å². The molecule has 0 saturated carbocycles. The topological polar surface area (TPSA) is 45.2 Å². The summed E-state index contributed by atoms with van der Waals surface area (Å²) in [4.78, 5) is 18.7. The summed E-state index contributed by atoms with van der Waals surface area (Å²) >= 11 is 0. The van der Waals surface area contributed by atoms with Crippen LogP contribution in [0.2, 0.25) is 0 Å². The fourth-order valence-electron chi connectivity index (χ4n) is 4.99. The number of pyridine rings is 1. The van der Waals surface area contributed by atoms with Gasteiger partial charge in [-0.2, -0.15) is 0 Å². The number of hydrogen-bond donors (Lipinski definition) is 0. The summed E-state index contributed by atoms with van der Waals surface area (Å²) in [5.41, 5.74) is 5.93. The van der Waals surface area contributed by atoms with E-state index in [-0.39, 0.29) is 6.17 Å². The third-order valence-corrected chi connectivity index (χ3v) is 6.45. The van der Waals surface area contributed by atoms with E-state index >= 15 is 0 Å². The lowest BCUT2D eigenvalue weighted by atomic mass is 9.79. The zero-order valence-corrected chi connectivity index (χ0v) is 20.8. The van der Waals surface area contributed by atoms with Gasteiger partial charge in [-0.15, -0.1) is 0 Å². The summed E-state index contributed by atoms with van der Waals surface area (Å²) < 4.78 is 0. The largest absolute Gasteiger partial charge is 0.337 e. The first-order valence-corrected chi connectivity index (χ1v) is 12.0. The number of para-hydroxylation sites is 1. The SMILES string of the molecule is CC.CC.CCC1C2N(C)c3nc(-c4ccncc4C)ncc3N2c2ccccc2[C@H]1C. The zero-order chi connectivity index (χ0) is 23.4. The van der Waals surface area contributed by atoms with Gasteiger partial charge in [-0.25, -0.2) is 9.97 Å². The van der Waals surface area contributed by atoms with Gasteiger partial charge in [0.05, 0.1) is 6.20 Å². The van der Waals surface area contributed by atoms with Crippen LogP contribution in [0.15, 0.2) is 48.9 Å². The standard InChI is InChI=1S/C23H25N5.2C2H6/c1-5-16-15(3)18-8-6-7-9-19(18)28-20-13-25-21(17-10-11-24-12-14(17)2)26-22(20)27(4)23(16)28;2*1-2/h6-13,15-16,23H,5H2,1-4H3;2*1-2H3/t15-,16?,23?;;/m0../s1. The Labute approximate surface area is 193 Å². The van der Waals surface area contributed by atoms with Crippen LogP contribution in [0, 0.1) is 12.8 Å². The average Bonchev–Trinajstić information content (AvgIpc) is 3.14. The Morgan fingerprint density at radius 3 is 2.38 bits per heavy atom. The van der Waals surface area contributed by atoms with Crippen molar-refractivity contribution in [2.45, 2.75) is 67.0 Å². The number of fused-ring (bicyclic) bond motifs is 5. The fraction of sp³-hybridized carbons (Fsp3) is 0.444. The van der Waals surface area contributed by atoms with E-state index in [9.17, 15) is 0 Å². The highest BCUT2D eigenvalue weighted by molar-refractivity contribution is 5.84. The van der Waals surface area contributed by atoms with Gasteiger partial charge in [0.2, 0.25) is 0 Å². The van der Waals surface area contributed by atoms with Gasteiger partial charge in [0.1, 0.15) is 11.9 Å². The van der Waals surface area contributed by atoms with Crippen LogP contribution in [0.3, 0.4) is 0 Å². The van der Waals surface area contributed by atoms with Crippen molar-refractivity contribution in [3.8, 4) is 11.4 Å². The second kappa shape index (κ2) is 10.1. The van der Waals surface area contributed by atoms with E-state index in [2.05, 4.69) is 66.9 Å². The molecule has 0 bridgehead atoms. The molecule has 3 aromatic rings. The maximum Gasteiger partial charge on any atom is 0.162 e. The van der Waals surface area contributed by atoms with Gasteiger partial charge in [0.25, 0.3) is 0 Å². The van der Waals surface area contributed by atoms with Crippen molar-refractivity contribution >= 4 is 17.2 Å². The van der Waals surface area contributed by atoms with Crippen molar-refractivity contribution in [1.82, 2.24) is 15.0 Å². The number of hydrogen-bond acceptors (Lipinski definition) is 5. The smallest absolute Gasteiger partial charge is 0.162 e. The molecule has 2 aliphatic heterocycles. The Balaban J connectivity index is 0.000000686. The number of rotatable bonds is 2.